The van der Waals surface area contributed by atoms with E-state index < -0.39 is 0 Å². The van der Waals surface area contributed by atoms with E-state index in [9.17, 15) is 0 Å². The van der Waals surface area contributed by atoms with Crippen molar-refractivity contribution in [1.82, 2.24) is 0 Å². The molecule has 0 amide bonds. The zero-order chi connectivity index (χ0) is 9.64. The Morgan fingerprint density at radius 1 is 0.929 bits per heavy atom. The minimum absolute atomic E-state index is 0.816. The Morgan fingerprint density at radius 2 is 1.64 bits per heavy atom. The zero-order valence-corrected chi connectivity index (χ0v) is 8.60. The van der Waals surface area contributed by atoms with Crippen molar-refractivity contribution in [1.29, 1.82) is 0 Å². The maximum Gasteiger partial charge on any atom is 0.174 e. The summed E-state index contributed by atoms with van der Waals surface area (Å²) in [5, 5.41) is 0. The Labute approximate surface area is 86.1 Å². The van der Waals surface area contributed by atoms with Gasteiger partial charge in [-0.25, -0.2) is 0 Å². The van der Waals surface area contributed by atoms with Crippen LogP contribution in [0.15, 0.2) is 36.7 Å². The Balaban J connectivity index is 1.93. The van der Waals surface area contributed by atoms with Gasteiger partial charge in [0.2, 0.25) is 0 Å². The SMILES string of the molecule is C(=C\[n+]1ccccc1)/C1CCCCC1. The summed E-state index contributed by atoms with van der Waals surface area (Å²) < 4.78 is 2.12. The summed E-state index contributed by atoms with van der Waals surface area (Å²) in [6.07, 6.45) is 15.7. The van der Waals surface area contributed by atoms with Gasteiger partial charge in [0, 0.05) is 12.1 Å². The van der Waals surface area contributed by atoms with E-state index in [-0.39, 0.29) is 0 Å². The third-order valence-electron chi connectivity index (χ3n) is 2.92. The van der Waals surface area contributed by atoms with Crippen LogP contribution in [-0.4, -0.2) is 0 Å². The summed E-state index contributed by atoms with van der Waals surface area (Å²) in [5.74, 6) is 0.816. The second-order valence-corrected chi connectivity index (χ2v) is 4.06. The minimum Gasteiger partial charge on any atom is -0.174 e. The normalized spacial score (nSPS) is 18.9. The topological polar surface area (TPSA) is 3.88 Å². The summed E-state index contributed by atoms with van der Waals surface area (Å²) in [4.78, 5) is 0. The van der Waals surface area contributed by atoms with E-state index in [4.69, 9.17) is 0 Å². The number of hydrogen-bond acceptors (Lipinski definition) is 0. The van der Waals surface area contributed by atoms with Crippen molar-refractivity contribution in [3.05, 3.63) is 36.7 Å². The monoisotopic (exact) mass is 188 g/mol. The summed E-state index contributed by atoms with van der Waals surface area (Å²) in [5.41, 5.74) is 0. The average Bonchev–Trinajstić information content (AvgIpc) is 2.29. The molecule has 1 nitrogen and oxygen atoms in total. The first-order valence-corrected chi connectivity index (χ1v) is 5.59. The quantitative estimate of drug-likeness (QED) is 0.628. The molecule has 1 aliphatic rings. The van der Waals surface area contributed by atoms with Crippen molar-refractivity contribution in [3.63, 3.8) is 0 Å². The minimum atomic E-state index is 0.816. The number of nitrogens with zero attached hydrogens (tertiary/aromatic N) is 1. The van der Waals surface area contributed by atoms with E-state index in [1.807, 2.05) is 6.07 Å². The van der Waals surface area contributed by atoms with Crippen molar-refractivity contribution in [2.24, 2.45) is 5.92 Å². The molecule has 0 bridgehead atoms. The maximum absolute atomic E-state index is 2.36. The molecule has 14 heavy (non-hydrogen) atoms. The molecule has 2 rings (SSSR count). The van der Waals surface area contributed by atoms with Gasteiger partial charge in [-0.1, -0.05) is 25.3 Å². The van der Waals surface area contributed by atoms with Crippen molar-refractivity contribution in [3.8, 4) is 0 Å². The number of pyridine rings is 1. The van der Waals surface area contributed by atoms with E-state index >= 15 is 0 Å². The fraction of sp³-hybridized carbons (Fsp3) is 0.462. The van der Waals surface area contributed by atoms with Gasteiger partial charge in [-0.05, 0) is 24.8 Å². The van der Waals surface area contributed by atoms with Crippen molar-refractivity contribution < 1.29 is 4.57 Å². The van der Waals surface area contributed by atoms with Gasteiger partial charge in [-0.2, -0.15) is 4.57 Å². The van der Waals surface area contributed by atoms with Crippen LogP contribution in [0.5, 0.6) is 0 Å². The summed E-state index contributed by atoms with van der Waals surface area (Å²) >= 11 is 0. The molecule has 1 fully saturated rings. The van der Waals surface area contributed by atoms with Gasteiger partial charge < -0.3 is 0 Å². The second kappa shape index (κ2) is 4.94. The fourth-order valence-electron chi connectivity index (χ4n) is 2.06. The van der Waals surface area contributed by atoms with Crippen molar-refractivity contribution >= 4 is 6.20 Å². The van der Waals surface area contributed by atoms with Crippen LogP contribution in [0.3, 0.4) is 0 Å². The van der Waals surface area contributed by atoms with E-state index in [1.54, 1.807) is 0 Å². The molecule has 1 aromatic rings. The van der Waals surface area contributed by atoms with Gasteiger partial charge in [-0.15, -0.1) is 0 Å². The molecule has 0 aromatic carbocycles. The smallest absolute Gasteiger partial charge is 0.174 e. The largest absolute Gasteiger partial charge is 0.174 e. The van der Waals surface area contributed by atoms with Crippen LogP contribution in [0.1, 0.15) is 32.1 Å². The number of hydrogen-bond donors (Lipinski definition) is 0. The molecule has 1 aromatic heterocycles. The standard InChI is InChI=1S/C13H18N/c1-3-7-13(8-4-1)9-12-14-10-5-2-6-11-14/h2,5-6,9-13H,1,3-4,7-8H2/q+1/b12-9+. The lowest BCUT2D eigenvalue weighted by atomic mass is 9.89. The molecule has 1 heterocycles. The molecule has 74 valence electrons. The molecule has 1 saturated carbocycles. The zero-order valence-electron chi connectivity index (χ0n) is 8.60. The first kappa shape index (κ1) is 9.45. The molecule has 0 unspecified atom stereocenters. The van der Waals surface area contributed by atoms with Gasteiger partial charge in [0.05, 0.1) is 0 Å². The molecule has 1 heteroatoms. The molecule has 0 spiro atoms. The molecule has 0 aliphatic heterocycles. The fourth-order valence-corrected chi connectivity index (χ4v) is 2.06. The number of rotatable bonds is 2. The summed E-state index contributed by atoms with van der Waals surface area (Å²) in [7, 11) is 0. The predicted octanol–water partition coefficient (Wildman–Crippen LogP) is 3.03. The second-order valence-electron chi connectivity index (χ2n) is 4.06. The van der Waals surface area contributed by atoms with Gasteiger partial charge in [0.25, 0.3) is 0 Å². The Bertz CT molecular complexity index is 283. The lowest BCUT2D eigenvalue weighted by Crippen LogP contribution is -2.24. The van der Waals surface area contributed by atoms with Gasteiger partial charge in [0.1, 0.15) is 0 Å². The Hall–Kier alpha value is -1.11. The molecular weight excluding hydrogens is 170 g/mol. The van der Waals surface area contributed by atoms with E-state index in [1.165, 1.54) is 32.1 Å². The first-order valence-electron chi connectivity index (χ1n) is 5.59. The third kappa shape index (κ3) is 2.69. The van der Waals surface area contributed by atoms with Gasteiger partial charge in [0.15, 0.2) is 18.6 Å². The van der Waals surface area contributed by atoms with Crippen LogP contribution in [0.25, 0.3) is 6.20 Å². The van der Waals surface area contributed by atoms with Crippen LogP contribution in [0.2, 0.25) is 0 Å². The van der Waals surface area contributed by atoms with E-state index in [0.29, 0.717) is 0 Å². The van der Waals surface area contributed by atoms with Gasteiger partial charge in [-0.3, -0.25) is 0 Å². The lowest BCUT2D eigenvalue weighted by molar-refractivity contribution is -0.568. The molecule has 0 atom stereocenters. The first-order chi connectivity index (χ1) is 6.95. The molecule has 0 N–H and O–H groups in total. The molecular formula is C13H18N+. The van der Waals surface area contributed by atoms with E-state index in [0.717, 1.165) is 5.92 Å². The highest BCUT2D eigenvalue weighted by Crippen LogP contribution is 2.24. The van der Waals surface area contributed by atoms with Crippen molar-refractivity contribution in [2.45, 2.75) is 32.1 Å². The highest BCUT2D eigenvalue weighted by molar-refractivity contribution is 5.09. The third-order valence-corrected chi connectivity index (χ3v) is 2.92. The maximum atomic E-state index is 2.36. The Kier molecular flexibility index (Phi) is 3.33. The van der Waals surface area contributed by atoms with Crippen LogP contribution in [0, 0.1) is 5.92 Å². The predicted molar refractivity (Wildman–Crippen MR) is 58.5 cm³/mol. The van der Waals surface area contributed by atoms with E-state index in [2.05, 4.69) is 41.4 Å². The van der Waals surface area contributed by atoms with Crippen molar-refractivity contribution in [2.75, 3.05) is 0 Å². The van der Waals surface area contributed by atoms with Crippen LogP contribution < -0.4 is 4.57 Å². The Morgan fingerprint density at radius 3 is 2.36 bits per heavy atom. The summed E-state index contributed by atoms with van der Waals surface area (Å²) in [6, 6.07) is 6.17. The average molecular weight is 188 g/mol. The van der Waals surface area contributed by atoms with Crippen LogP contribution in [0.4, 0.5) is 0 Å². The van der Waals surface area contributed by atoms with Gasteiger partial charge >= 0.3 is 0 Å². The number of aromatic nitrogens is 1. The highest BCUT2D eigenvalue weighted by Gasteiger charge is 2.10. The van der Waals surface area contributed by atoms with Crippen LogP contribution in [-0.2, 0) is 0 Å². The lowest BCUT2D eigenvalue weighted by Gasteiger charge is -2.16. The molecule has 1 aliphatic carbocycles. The van der Waals surface area contributed by atoms with Crippen LogP contribution >= 0.6 is 0 Å². The molecule has 0 saturated heterocycles. The molecule has 0 radical (unpaired) electrons. The number of allylic oxidation sites excluding steroid dienone is 1. The summed E-state index contributed by atoms with van der Waals surface area (Å²) in [6.45, 7) is 0. The highest BCUT2D eigenvalue weighted by atomic mass is 14.9.